The van der Waals surface area contributed by atoms with Gasteiger partial charge < -0.3 is 10.3 Å². The van der Waals surface area contributed by atoms with Crippen LogP contribution in [0.2, 0.25) is 0 Å². The first-order chi connectivity index (χ1) is 11.0. The summed E-state index contributed by atoms with van der Waals surface area (Å²) in [5.74, 6) is -0.0880. The number of fused-ring (bicyclic) bond motifs is 1. The molecule has 0 atom stereocenters. The van der Waals surface area contributed by atoms with Crippen molar-refractivity contribution < 1.29 is 4.79 Å². The summed E-state index contributed by atoms with van der Waals surface area (Å²) in [5.41, 5.74) is 2.23. The molecule has 5 nitrogen and oxygen atoms in total. The van der Waals surface area contributed by atoms with Crippen molar-refractivity contribution in [2.45, 2.75) is 52.0 Å². The molecule has 0 spiro atoms. The Labute approximate surface area is 139 Å². The molecule has 0 aromatic carbocycles. The lowest BCUT2D eigenvalue weighted by molar-refractivity contribution is 0.0949. The monoisotopic (exact) mass is 331 g/mol. The maximum absolute atomic E-state index is 12.4. The minimum atomic E-state index is -0.183. The summed E-state index contributed by atoms with van der Waals surface area (Å²) in [4.78, 5) is 32.7. The summed E-state index contributed by atoms with van der Waals surface area (Å²) in [6.45, 7) is 4.35. The number of amides is 1. The van der Waals surface area contributed by atoms with Crippen LogP contribution in [0.4, 0.5) is 0 Å². The van der Waals surface area contributed by atoms with Crippen molar-refractivity contribution in [1.82, 2.24) is 15.3 Å². The van der Waals surface area contributed by atoms with Crippen LogP contribution in [0.1, 0.15) is 64.2 Å². The highest BCUT2D eigenvalue weighted by Gasteiger charge is 2.17. The van der Waals surface area contributed by atoms with E-state index in [1.807, 2.05) is 13.8 Å². The van der Waals surface area contributed by atoms with Gasteiger partial charge in [0.1, 0.15) is 5.01 Å². The first kappa shape index (κ1) is 15.9. The molecule has 1 aliphatic carbocycles. The van der Waals surface area contributed by atoms with Crippen LogP contribution in [0.15, 0.2) is 16.9 Å². The number of rotatable bonds is 4. The summed E-state index contributed by atoms with van der Waals surface area (Å²) < 4.78 is 0. The Hall–Kier alpha value is -1.95. The highest BCUT2D eigenvalue weighted by molar-refractivity contribution is 7.11. The summed E-state index contributed by atoms with van der Waals surface area (Å²) in [6.07, 6.45) is 4.60. The lowest BCUT2D eigenvalue weighted by Gasteiger charge is -2.11. The number of hydrogen-bond acceptors (Lipinski definition) is 4. The third-order valence-corrected chi connectivity index (χ3v) is 5.22. The second-order valence-corrected chi connectivity index (χ2v) is 7.34. The number of nitrogens with one attached hydrogen (secondary N) is 2. The van der Waals surface area contributed by atoms with Crippen LogP contribution in [0.3, 0.4) is 0 Å². The smallest absolute Gasteiger partial charge is 0.253 e. The quantitative estimate of drug-likeness (QED) is 0.904. The number of aromatic amines is 1. The van der Waals surface area contributed by atoms with Gasteiger partial charge in [-0.3, -0.25) is 9.59 Å². The van der Waals surface area contributed by atoms with Gasteiger partial charge in [-0.05, 0) is 37.7 Å². The fourth-order valence-corrected chi connectivity index (χ4v) is 3.97. The van der Waals surface area contributed by atoms with E-state index < -0.39 is 0 Å². The van der Waals surface area contributed by atoms with Gasteiger partial charge in [-0.15, -0.1) is 11.3 Å². The van der Waals surface area contributed by atoms with E-state index in [0.717, 1.165) is 17.8 Å². The number of nitrogens with zero attached hydrogens (tertiary/aromatic N) is 1. The molecule has 0 bridgehead atoms. The second kappa shape index (κ2) is 6.66. The van der Waals surface area contributed by atoms with E-state index in [1.165, 1.54) is 29.5 Å². The van der Waals surface area contributed by atoms with Gasteiger partial charge in [0.25, 0.3) is 5.91 Å². The van der Waals surface area contributed by atoms with E-state index in [1.54, 1.807) is 17.4 Å². The summed E-state index contributed by atoms with van der Waals surface area (Å²) >= 11 is 1.70. The highest BCUT2D eigenvalue weighted by atomic mass is 32.1. The predicted molar refractivity (Wildman–Crippen MR) is 91.1 cm³/mol. The first-order valence-corrected chi connectivity index (χ1v) is 8.85. The molecule has 1 amide bonds. The minimum Gasteiger partial charge on any atom is -0.345 e. The summed E-state index contributed by atoms with van der Waals surface area (Å²) in [7, 11) is 0. The van der Waals surface area contributed by atoms with Crippen LogP contribution >= 0.6 is 11.3 Å². The Morgan fingerprint density at radius 3 is 2.87 bits per heavy atom. The maximum atomic E-state index is 12.4. The van der Waals surface area contributed by atoms with Crippen molar-refractivity contribution in [2.24, 2.45) is 0 Å². The zero-order valence-electron chi connectivity index (χ0n) is 13.4. The largest absolute Gasteiger partial charge is 0.345 e. The lowest BCUT2D eigenvalue weighted by Crippen LogP contribution is -2.26. The van der Waals surface area contributed by atoms with Gasteiger partial charge in [-0.25, -0.2) is 4.98 Å². The Balaban J connectivity index is 1.72. The van der Waals surface area contributed by atoms with Crippen LogP contribution in [-0.4, -0.2) is 15.9 Å². The number of thiazole rings is 1. The number of hydrogen-bond donors (Lipinski definition) is 2. The number of pyridine rings is 1. The third kappa shape index (κ3) is 3.52. The molecule has 6 heteroatoms. The number of carbonyl (C=O) groups is 1. The SMILES string of the molecule is CC(C)c1[nH]c(=O)ccc1C(=O)NCc1nc2c(s1)CCCC2. The molecule has 3 rings (SSSR count). The molecule has 122 valence electrons. The van der Waals surface area contributed by atoms with Gasteiger partial charge >= 0.3 is 0 Å². The van der Waals surface area contributed by atoms with Gasteiger partial charge in [0, 0.05) is 16.6 Å². The third-order valence-electron chi connectivity index (χ3n) is 4.06. The van der Waals surface area contributed by atoms with E-state index in [4.69, 9.17) is 0 Å². The molecular weight excluding hydrogens is 310 g/mol. The van der Waals surface area contributed by atoms with E-state index in [0.29, 0.717) is 17.8 Å². The molecule has 2 aromatic rings. The molecule has 0 fully saturated rings. The van der Waals surface area contributed by atoms with Crippen molar-refractivity contribution in [3.8, 4) is 0 Å². The molecular formula is C17H21N3O2S. The fourth-order valence-electron chi connectivity index (χ4n) is 2.88. The zero-order valence-corrected chi connectivity index (χ0v) is 14.3. The molecule has 2 N–H and O–H groups in total. The average Bonchev–Trinajstić information content (AvgIpc) is 2.95. The van der Waals surface area contributed by atoms with E-state index in [9.17, 15) is 9.59 Å². The van der Waals surface area contributed by atoms with Crippen molar-refractivity contribution in [3.05, 3.63) is 49.3 Å². The number of carbonyl (C=O) groups excluding carboxylic acids is 1. The highest BCUT2D eigenvalue weighted by Crippen LogP contribution is 2.26. The Kier molecular flexibility index (Phi) is 4.61. The van der Waals surface area contributed by atoms with Crippen LogP contribution < -0.4 is 10.9 Å². The zero-order chi connectivity index (χ0) is 16.4. The first-order valence-electron chi connectivity index (χ1n) is 8.03. The summed E-state index contributed by atoms with van der Waals surface area (Å²) in [5, 5.41) is 3.89. The number of H-pyrrole nitrogens is 1. The van der Waals surface area contributed by atoms with Gasteiger partial charge in [-0.1, -0.05) is 13.8 Å². The molecule has 23 heavy (non-hydrogen) atoms. The van der Waals surface area contributed by atoms with E-state index >= 15 is 0 Å². The Bertz CT molecular complexity index is 753. The predicted octanol–water partition coefficient (Wildman–Crippen LogP) is 2.76. The molecule has 0 saturated carbocycles. The van der Waals surface area contributed by atoms with Crippen molar-refractivity contribution in [2.75, 3.05) is 0 Å². The topological polar surface area (TPSA) is 74.8 Å². The molecule has 0 aliphatic heterocycles. The number of aromatic nitrogens is 2. The van der Waals surface area contributed by atoms with E-state index in [-0.39, 0.29) is 17.4 Å². The normalized spacial score (nSPS) is 13.9. The summed E-state index contributed by atoms with van der Waals surface area (Å²) in [6, 6.07) is 2.99. The van der Waals surface area contributed by atoms with Crippen LogP contribution in [-0.2, 0) is 19.4 Å². The molecule has 2 heterocycles. The Morgan fingerprint density at radius 1 is 1.35 bits per heavy atom. The second-order valence-electron chi connectivity index (χ2n) is 6.17. The van der Waals surface area contributed by atoms with Crippen LogP contribution in [0.25, 0.3) is 0 Å². The number of aryl methyl sites for hydroxylation is 2. The molecule has 0 radical (unpaired) electrons. The molecule has 2 aromatic heterocycles. The van der Waals surface area contributed by atoms with Gasteiger partial charge in [-0.2, -0.15) is 0 Å². The standard InChI is InChI=1S/C17H21N3O2S/c1-10(2)16-11(7-8-14(21)20-16)17(22)18-9-15-19-12-5-3-4-6-13(12)23-15/h7-8,10H,3-6,9H2,1-2H3,(H,18,22)(H,20,21). The Morgan fingerprint density at radius 2 is 2.13 bits per heavy atom. The maximum Gasteiger partial charge on any atom is 0.253 e. The van der Waals surface area contributed by atoms with Crippen LogP contribution in [0, 0.1) is 0 Å². The molecule has 1 aliphatic rings. The van der Waals surface area contributed by atoms with Crippen LogP contribution in [0.5, 0.6) is 0 Å². The fraction of sp³-hybridized carbons (Fsp3) is 0.471. The average molecular weight is 331 g/mol. The van der Waals surface area contributed by atoms with Gasteiger partial charge in [0.2, 0.25) is 5.56 Å². The minimum absolute atomic E-state index is 0.0804. The van der Waals surface area contributed by atoms with E-state index in [2.05, 4.69) is 15.3 Å². The van der Waals surface area contributed by atoms with Crippen molar-refractivity contribution in [1.29, 1.82) is 0 Å². The van der Waals surface area contributed by atoms with Gasteiger partial charge in [0.15, 0.2) is 0 Å². The molecule has 0 saturated heterocycles. The van der Waals surface area contributed by atoms with Crippen molar-refractivity contribution in [3.63, 3.8) is 0 Å². The van der Waals surface area contributed by atoms with Gasteiger partial charge in [0.05, 0.1) is 17.8 Å². The van der Waals surface area contributed by atoms with Crippen molar-refractivity contribution >= 4 is 17.2 Å². The molecule has 0 unspecified atom stereocenters. The lowest BCUT2D eigenvalue weighted by atomic mass is 10.0.